The van der Waals surface area contributed by atoms with E-state index in [1.54, 1.807) is 0 Å². The molecule has 0 aromatic carbocycles. The van der Waals surface area contributed by atoms with E-state index in [2.05, 4.69) is 18.7 Å². The number of nitrogens with zero attached hydrogens (tertiary/aromatic N) is 1. The van der Waals surface area contributed by atoms with Gasteiger partial charge in [-0.15, -0.1) is 12.4 Å². The lowest BCUT2D eigenvalue weighted by Gasteiger charge is -2.25. The molecular weight excluding hydrogens is 236 g/mol. The molecule has 3 fully saturated rings. The van der Waals surface area contributed by atoms with Gasteiger partial charge in [-0.1, -0.05) is 13.8 Å². The van der Waals surface area contributed by atoms with Crippen LogP contribution in [0.2, 0.25) is 0 Å². The summed E-state index contributed by atoms with van der Waals surface area (Å²) in [6, 6.07) is 0.266. The standard InChI is InChI=1S/C13H22N2O.ClH/c1-13(2)10-6-15(7-11(10)13)12(16)8-3-4-9(14)5-8;/h8-11H,3-7,14H2,1-2H3;1H. The second-order valence-electron chi connectivity index (χ2n) is 6.55. The Kier molecular flexibility index (Phi) is 3.20. The first-order valence-electron chi connectivity index (χ1n) is 6.54. The molecule has 98 valence electrons. The molecule has 0 spiro atoms. The van der Waals surface area contributed by atoms with E-state index in [9.17, 15) is 4.79 Å². The Morgan fingerprint density at radius 2 is 1.82 bits per heavy atom. The van der Waals surface area contributed by atoms with Crippen LogP contribution in [0, 0.1) is 23.2 Å². The normalized spacial score (nSPS) is 41.9. The van der Waals surface area contributed by atoms with Crippen LogP contribution in [-0.2, 0) is 4.79 Å². The summed E-state index contributed by atoms with van der Waals surface area (Å²) < 4.78 is 0. The molecule has 0 bridgehead atoms. The fourth-order valence-electron chi connectivity index (χ4n) is 3.81. The van der Waals surface area contributed by atoms with Crippen LogP contribution in [0.15, 0.2) is 0 Å². The molecule has 4 heteroatoms. The molecule has 1 saturated heterocycles. The number of halogens is 1. The first kappa shape index (κ1) is 13.2. The van der Waals surface area contributed by atoms with Crippen molar-refractivity contribution >= 4 is 18.3 Å². The van der Waals surface area contributed by atoms with Gasteiger partial charge in [-0.25, -0.2) is 0 Å². The molecule has 3 nitrogen and oxygen atoms in total. The summed E-state index contributed by atoms with van der Waals surface area (Å²) in [6.45, 7) is 6.66. The molecular formula is C13H23ClN2O. The molecule has 2 aliphatic carbocycles. The number of carbonyl (C=O) groups excluding carboxylic acids is 1. The fraction of sp³-hybridized carbons (Fsp3) is 0.923. The molecule has 2 N–H and O–H groups in total. The van der Waals surface area contributed by atoms with E-state index >= 15 is 0 Å². The van der Waals surface area contributed by atoms with Crippen molar-refractivity contribution in [2.24, 2.45) is 28.9 Å². The van der Waals surface area contributed by atoms with Gasteiger partial charge in [0.25, 0.3) is 0 Å². The highest BCUT2D eigenvalue weighted by atomic mass is 35.5. The Morgan fingerprint density at radius 3 is 2.29 bits per heavy atom. The summed E-state index contributed by atoms with van der Waals surface area (Å²) in [6.07, 6.45) is 2.95. The number of carbonyl (C=O) groups is 1. The minimum atomic E-state index is 0. The van der Waals surface area contributed by atoms with Gasteiger partial charge in [0, 0.05) is 25.0 Å². The topological polar surface area (TPSA) is 46.3 Å². The van der Waals surface area contributed by atoms with Gasteiger partial charge in [0.1, 0.15) is 0 Å². The van der Waals surface area contributed by atoms with Crippen LogP contribution < -0.4 is 5.73 Å². The Balaban J connectivity index is 0.00000108. The molecule has 17 heavy (non-hydrogen) atoms. The second-order valence-corrected chi connectivity index (χ2v) is 6.55. The summed E-state index contributed by atoms with van der Waals surface area (Å²) in [5.41, 5.74) is 6.37. The molecule has 1 aliphatic heterocycles. The summed E-state index contributed by atoms with van der Waals surface area (Å²) in [4.78, 5) is 14.3. The van der Waals surface area contributed by atoms with E-state index in [0.29, 0.717) is 11.3 Å². The number of hydrogen-bond acceptors (Lipinski definition) is 2. The Hall–Kier alpha value is -0.280. The van der Waals surface area contributed by atoms with E-state index in [1.165, 1.54) is 0 Å². The van der Waals surface area contributed by atoms with Gasteiger partial charge in [0.2, 0.25) is 5.91 Å². The molecule has 3 aliphatic rings. The summed E-state index contributed by atoms with van der Waals surface area (Å²) in [7, 11) is 0. The molecule has 1 heterocycles. The molecule has 0 aromatic rings. The van der Waals surface area contributed by atoms with Gasteiger partial charge in [0.05, 0.1) is 0 Å². The molecule has 3 rings (SSSR count). The maximum atomic E-state index is 12.2. The van der Waals surface area contributed by atoms with Crippen LogP contribution >= 0.6 is 12.4 Å². The third kappa shape index (κ3) is 1.97. The predicted molar refractivity (Wildman–Crippen MR) is 69.9 cm³/mol. The highest BCUT2D eigenvalue weighted by Crippen LogP contribution is 2.62. The van der Waals surface area contributed by atoms with Crippen LogP contribution in [0.3, 0.4) is 0 Å². The summed E-state index contributed by atoms with van der Waals surface area (Å²) in [5.74, 6) is 2.16. The summed E-state index contributed by atoms with van der Waals surface area (Å²) >= 11 is 0. The Labute approximate surface area is 110 Å². The van der Waals surface area contributed by atoms with Crippen LogP contribution in [0.1, 0.15) is 33.1 Å². The van der Waals surface area contributed by atoms with Gasteiger partial charge < -0.3 is 10.6 Å². The zero-order chi connectivity index (χ0) is 11.5. The number of amides is 1. The van der Waals surface area contributed by atoms with Crippen molar-refractivity contribution in [2.75, 3.05) is 13.1 Å². The largest absolute Gasteiger partial charge is 0.342 e. The quantitative estimate of drug-likeness (QED) is 0.778. The van der Waals surface area contributed by atoms with Crippen molar-refractivity contribution in [3.63, 3.8) is 0 Å². The molecule has 0 aromatic heterocycles. The van der Waals surface area contributed by atoms with Gasteiger partial charge in [-0.2, -0.15) is 0 Å². The van der Waals surface area contributed by atoms with Gasteiger partial charge >= 0.3 is 0 Å². The van der Waals surface area contributed by atoms with Gasteiger partial charge in [-0.3, -0.25) is 4.79 Å². The highest BCUT2D eigenvalue weighted by Gasteiger charge is 2.62. The van der Waals surface area contributed by atoms with Crippen molar-refractivity contribution in [1.29, 1.82) is 0 Å². The monoisotopic (exact) mass is 258 g/mol. The van der Waals surface area contributed by atoms with E-state index in [0.717, 1.165) is 44.2 Å². The third-order valence-corrected chi connectivity index (χ3v) is 5.26. The lowest BCUT2D eigenvalue weighted by Crippen LogP contribution is -2.37. The number of piperidine rings is 1. The van der Waals surface area contributed by atoms with E-state index in [1.807, 2.05) is 0 Å². The Morgan fingerprint density at radius 1 is 1.24 bits per heavy atom. The lowest BCUT2D eigenvalue weighted by atomic mass is 10.0. The van der Waals surface area contributed by atoms with Crippen molar-refractivity contribution < 1.29 is 4.79 Å². The number of rotatable bonds is 1. The highest BCUT2D eigenvalue weighted by molar-refractivity contribution is 5.85. The van der Waals surface area contributed by atoms with Crippen LogP contribution in [0.5, 0.6) is 0 Å². The number of nitrogens with two attached hydrogens (primary N) is 1. The molecule has 2 saturated carbocycles. The maximum Gasteiger partial charge on any atom is 0.225 e. The first-order chi connectivity index (χ1) is 7.50. The van der Waals surface area contributed by atoms with E-state index in [-0.39, 0.29) is 24.4 Å². The average molecular weight is 259 g/mol. The van der Waals surface area contributed by atoms with Gasteiger partial charge in [0.15, 0.2) is 0 Å². The zero-order valence-electron chi connectivity index (χ0n) is 10.7. The van der Waals surface area contributed by atoms with E-state index in [4.69, 9.17) is 5.73 Å². The summed E-state index contributed by atoms with van der Waals surface area (Å²) in [5, 5.41) is 0. The number of likely N-dealkylation sites (tertiary alicyclic amines) is 1. The van der Waals surface area contributed by atoms with E-state index < -0.39 is 0 Å². The third-order valence-electron chi connectivity index (χ3n) is 5.26. The van der Waals surface area contributed by atoms with Crippen LogP contribution in [-0.4, -0.2) is 29.9 Å². The fourth-order valence-corrected chi connectivity index (χ4v) is 3.81. The minimum Gasteiger partial charge on any atom is -0.342 e. The molecule has 1 amide bonds. The Bertz CT molecular complexity index is 317. The van der Waals surface area contributed by atoms with Crippen LogP contribution in [0.4, 0.5) is 0 Å². The molecule has 4 atom stereocenters. The average Bonchev–Trinajstić information content (AvgIpc) is 2.72. The van der Waals surface area contributed by atoms with Crippen molar-refractivity contribution in [3.8, 4) is 0 Å². The van der Waals surface area contributed by atoms with Crippen LogP contribution in [0.25, 0.3) is 0 Å². The smallest absolute Gasteiger partial charge is 0.225 e. The second kappa shape index (κ2) is 4.13. The number of fused-ring (bicyclic) bond motifs is 1. The number of hydrogen-bond donors (Lipinski definition) is 1. The molecule has 4 unspecified atom stereocenters. The first-order valence-corrected chi connectivity index (χ1v) is 6.54. The molecule has 0 radical (unpaired) electrons. The minimum absolute atomic E-state index is 0. The SMILES string of the molecule is CC1(C)C2CN(C(=O)C3CCC(N)C3)CC21.Cl. The van der Waals surface area contributed by atoms with Crippen molar-refractivity contribution in [2.45, 2.75) is 39.2 Å². The predicted octanol–water partition coefficient (Wildman–Crippen LogP) is 1.65. The van der Waals surface area contributed by atoms with Crippen molar-refractivity contribution in [3.05, 3.63) is 0 Å². The van der Waals surface area contributed by atoms with Crippen molar-refractivity contribution in [1.82, 2.24) is 4.90 Å². The lowest BCUT2D eigenvalue weighted by molar-refractivity contribution is -0.135. The maximum absolute atomic E-state index is 12.2. The van der Waals surface area contributed by atoms with Gasteiger partial charge in [-0.05, 0) is 36.5 Å². The zero-order valence-corrected chi connectivity index (χ0v) is 11.5.